The predicted octanol–water partition coefficient (Wildman–Crippen LogP) is 2.20. The number of hydrogen-bond donors (Lipinski definition) is 1. The first kappa shape index (κ1) is 12.3. The van der Waals surface area contributed by atoms with Crippen LogP contribution in [0, 0.1) is 5.21 Å². The largest absolute Gasteiger partial charge is 0.623 e. The Morgan fingerprint density at radius 3 is 2.78 bits per heavy atom. The van der Waals surface area contributed by atoms with Crippen molar-refractivity contribution in [3.8, 4) is 11.4 Å². The number of nitrogens with one attached hydrogen (secondary N) is 1. The van der Waals surface area contributed by atoms with Crippen molar-refractivity contribution in [3.05, 3.63) is 41.6 Å². The fourth-order valence-corrected chi connectivity index (χ4v) is 1.37. The van der Waals surface area contributed by atoms with E-state index < -0.39 is 5.54 Å². The quantitative estimate of drug-likeness (QED) is 0.381. The summed E-state index contributed by atoms with van der Waals surface area (Å²) in [6.45, 7) is 5.56. The molecule has 0 aliphatic carbocycles. The summed E-state index contributed by atoms with van der Waals surface area (Å²) in [6, 6.07) is 3.75. The van der Waals surface area contributed by atoms with Gasteiger partial charge in [0.05, 0.1) is 0 Å². The lowest BCUT2D eigenvalue weighted by atomic mass is 10.1. The third-order valence-corrected chi connectivity index (χ3v) is 2.44. The molecule has 0 saturated carbocycles. The first-order chi connectivity index (χ1) is 8.47. The first-order valence-corrected chi connectivity index (χ1v) is 5.74. The molecule has 0 unspecified atom stereocenters. The van der Waals surface area contributed by atoms with Crippen LogP contribution in [0.3, 0.4) is 0 Å². The smallest absolute Gasteiger partial charge is 0.202 e. The van der Waals surface area contributed by atoms with Crippen LogP contribution in [0.15, 0.2) is 30.7 Å². The molecule has 2 aromatic heterocycles. The van der Waals surface area contributed by atoms with Crippen molar-refractivity contribution in [3.63, 3.8) is 0 Å². The molecule has 0 spiro atoms. The van der Waals surface area contributed by atoms with Gasteiger partial charge in [0.25, 0.3) is 0 Å². The van der Waals surface area contributed by atoms with Crippen LogP contribution in [0.5, 0.6) is 0 Å². The number of nitrogens with zero attached hydrogens (tertiary/aromatic N) is 3. The lowest BCUT2D eigenvalue weighted by Crippen LogP contribution is -2.29. The summed E-state index contributed by atoms with van der Waals surface area (Å²) in [5.74, 6) is 0.705. The third-order valence-electron chi connectivity index (χ3n) is 2.44. The van der Waals surface area contributed by atoms with Gasteiger partial charge < -0.3 is 10.2 Å². The molecule has 0 bridgehead atoms. The van der Waals surface area contributed by atoms with Crippen LogP contribution in [0.2, 0.25) is 0 Å². The number of rotatable bonds is 2. The zero-order valence-corrected chi connectivity index (χ0v) is 10.7. The lowest BCUT2D eigenvalue weighted by Gasteiger charge is -2.17. The van der Waals surface area contributed by atoms with Gasteiger partial charge in [0, 0.05) is 44.9 Å². The van der Waals surface area contributed by atoms with Gasteiger partial charge in [-0.1, -0.05) is 0 Å². The normalized spacial score (nSPS) is 12.7. The van der Waals surface area contributed by atoms with E-state index in [4.69, 9.17) is 0 Å². The molecule has 2 heterocycles. The molecule has 2 rings (SSSR count). The molecule has 0 saturated heterocycles. The second-order valence-electron chi connectivity index (χ2n) is 5.04. The second kappa shape index (κ2) is 4.60. The Labute approximate surface area is 106 Å². The van der Waals surface area contributed by atoms with E-state index in [1.807, 2.05) is 32.9 Å². The van der Waals surface area contributed by atoms with Gasteiger partial charge in [-0.05, 0) is 12.1 Å². The van der Waals surface area contributed by atoms with Gasteiger partial charge in [0.2, 0.25) is 6.21 Å². The van der Waals surface area contributed by atoms with Gasteiger partial charge in [-0.25, -0.2) is 9.72 Å². The number of pyridine rings is 1. The molecule has 0 aliphatic heterocycles. The molecule has 0 amide bonds. The van der Waals surface area contributed by atoms with Gasteiger partial charge in [-0.3, -0.25) is 4.98 Å². The monoisotopic (exact) mass is 244 g/mol. The average molecular weight is 244 g/mol. The summed E-state index contributed by atoms with van der Waals surface area (Å²) in [5.41, 5.74) is 1.04. The highest BCUT2D eigenvalue weighted by atomic mass is 16.5. The zero-order valence-electron chi connectivity index (χ0n) is 10.7. The fourth-order valence-electron chi connectivity index (χ4n) is 1.37. The van der Waals surface area contributed by atoms with Crippen molar-refractivity contribution in [2.45, 2.75) is 26.3 Å². The molecule has 5 heteroatoms. The molecule has 94 valence electrons. The maximum Gasteiger partial charge on any atom is 0.202 e. The highest BCUT2D eigenvalue weighted by Gasteiger charge is 2.18. The molecular formula is C13H16N4O. The number of hydroxylamine groups is 1. The topological polar surface area (TPSA) is 67.6 Å². The van der Waals surface area contributed by atoms with Gasteiger partial charge in [-0.15, -0.1) is 0 Å². The van der Waals surface area contributed by atoms with Crippen LogP contribution in [-0.4, -0.2) is 31.4 Å². The molecule has 0 aliphatic rings. The van der Waals surface area contributed by atoms with Crippen molar-refractivity contribution in [1.82, 2.24) is 15.0 Å². The minimum Gasteiger partial charge on any atom is -0.623 e. The summed E-state index contributed by atoms with van der Waals surface area (Å²) >= 11 is 0. The Morgan fingerprint density at radius 1 is 1.39 bits per heavy atom. The van der Waals surface area contributed by atoms with E-state index in [1.54, 1.807) is 18.6 Å². The Balaban J connectivity index is 2.27. The molecule has 2 aromatic rings. The number of imidazole rings is 1. The predicted molar refractivity (Wildman–Crippen MR) is 70.4 cm³/mol. The Kier molecular flexibility index (Phi) is 3.14. The lowest BCUT2D eigenvalue weighted by molar-refractivity contribution is -0.530. The molecule has 1 N–H and O–H groups in total. The van der Waals surface area contributed by atoms with Crippen LogP contribution in [0.1, 0.15) is 26.5 Å². The van der Waals surface area contributed by atoms with E-state index in [0.717, 1.165) is 10.3 Å². The summed E-state index contributed by atoms with van der Waals surface area (Å²) in [7, 11) is 0. The van der Waals surface area contributed by atoms with E-state index in [1.165, 1.54) is 6.21 Å². The number of hydrogen-bond acceptors (Lipinski definition) is 3. The van der Waals surface area contributed by atoms with E-state index in [9.17, 15) is 5.21 Å². The number of H-pyrrole nitrogens is 1. The molecule has 0 atom stereocenters. The van der Waals surface area contributed by atoms with Crippen LogP contribution in [0.25, 0.3) is 11.4 Å². The van der Waals surface area contributed by atoms with E-state index in [-0.39, 0.29) is 0 Å². The van der Waals surface area contributed by atoms with Crippen LogP contribution >= 0.6 is 0 Å². The van der Waals surface area contributed by atoms with Crippen LogP contribution < -0.4 is 0 Å². The van der Waals surface area contributed by atoms with Gasteiger partial charge >= 0.3 is 0 Å². The highest BCUT2D eigenvalue weighted by Crippen LogP contribution is 2.13. The van der Waals surface area contributed by atoms with E-state index in [2.05, 4.69) is 15.0 Å². The van der Waals surface area contributed by atoms with Crippen molar-refractivity contribution in [2.24, 2.45) is 0 Å². The molecule has 0 aromatic carbocycles. The minimum atomic E-state index is -0.465. The molecular weight excluding hydrogens is 228 g/mol. The first-order valence-electron chi connectivity index (χ1n) is 5.74. The van der Waals surface area contributed by atoms with E-state index in [0.29, 0.717) is 11.5 Å². The SMILES string of the molecule is CC(C)(C)[N+]([O-])=Cc1c[nH]c(-c2cccnc2)n1. The van der Waals surface area contributed by atoms with Crippen molar-refractivity contribution >= 4 is 6.21 Å². The van der Waals surface area contributed by atoms with Gasteiger partial charge in [0.15, 0.2) is 5.54 Å². The van der Waals surface area contributed by atoms with Gasteiger partial charge in [-0.2, -0.15) is 0 Å². The zero-order chi connectivity index (χ0) is 13.2. The standard InChI is InChI=1S/C13H16N4O/c1-13(2,3)17(18)9-11-8-15-12(16-11)10-5-4-6-14-7-10/h4-9H,1-3H3,(H,15,16). The minimum absolute atomic E-state index is 0.465. The third kappa shape index (κ3) is 2.74. The Hall–Kier alpha value is -2.17. The molecule has 0 radical (unpaired) electrons. The summed E-state index contributed by atoms with van der Waals surface area (Å²) in [5, 5.41) is 11.8. The number of aromatic nitrogens is 3. The molecule has 0 fully saturated rings. The second-order valence-corrected chi connectivity index (χ2v) is 5.04. The summed E-state index contributed by atoms with van der Waals surface area (Å²) < 4.78 is 0.899. The van der Waals surface area contributed by atoms with E-state index >= 15 is 0 Å². The Morgan fingerprint density at radius 2 is 2.17 bits per heavy atom. The summed E-state index contributed by atoms with van der Waals surface area (Å²) in [6.07, 6.45) is 6.62. The van der Waals surface area contributed by atoms with Crippen molar-refractivity contribution in [2.75, 3.05) is 0 Å². The molecule has 5 nitrogen and oxygen atoms in total. The number of aromatic amines is 1. The fraction of sp³-hybridized carbons (Fsp3) is 0.308. The van der Waals surface area contributed by atoms with Crippen LogP contribution in [0.4, 0.5) is 0 Å². The maximum absolute atomic E-state index is 11.8. The van der Waals surface area contributed by atoms with Crippen LogP contribution in [-0.2, 0) is 0 Å². The van der Waals surface area contributed by atoms with Crippen molar-refractivity contribution in [1.29, 1.82) is 0 Å². The summed E-state index contributed by atoms with van der Waals surface area (Å²) in [4.78, 5) is 11.4. The van der Waals surface area contributed by atoms with Crippen molar-refractivity contribution < 1.29 is 4.74 Å². The maximum atomic E-state index is 11.8. The molecule has 18 heavy (non-hydrogen) atoms. The Bertz CT molecular complexity index is 552. The average Bonchev–Trinajstić information content (AvgIpc) is 2.77. The van der Waals surface area contributed by atoms with Gasteiger partial charge in [0.1, 0.15) is 11.5 Å². The highest BCUT2D eigenvalue weighted by molar-refractivity contribution is 5.74.